The van der Waals surface area contributed by atoms with Crippen LogP contribution in [0.2, 0.25) is 4.82 Å². The van der Waals surface area contributed by atoms with Gasteiger partial charge < -0.3 is 0 Å². The fraction of sp³-hybridized carbons (Fsp3) is 0.778. The first-order valence-electron chi connectivity index (χ1n) is 4.78. The van der Waals surface area contributed by atoms with Crippen LogP contribution in [0.15, 0.2) is 0 Å². The van der Waals surface area contributed by atoms with E-state index in [2.05, 4.69) is 0 Å². The Bertz CT molecular complexity index is 281. The summed E-state index contributed by atoms with van der Waals surface area (Å²) in [7, 11) is 0. The number of rotatable bonds is 2. The first-order valence-corrected chi connectivity index (χ1v) is 6.76. The van der Waals surface area contributed by atoms with Crippen LogP contribution in [0, 0.1) is 0 Å². The van der Waals surface area contributed by atoms with Gasteiger partial charge in [0.25, 0.3) is 0 Å². The van der Waals surface area contributed by atoms with Crippen molar-refractivity contribution in [2.75, 3.05) is 6.61 Å². The fourth-order valence-electron chi connectivity index (χ4n) is 1.93. The van der Waals surface area contributed by atoms with Crippen molar-refractivity contribution >= 4 is 26.8 Å². The monoisotopic (exact) mass is 263 g/mol. The standard InChI is InChI=1S/C9H13NO3Se/c1-3-13-9(12)8-5(2)14-7-4-6(11)10(7)8/h5,7-8H,3-4H2,1-2H3. The van der Waals surface area contributed by atoms with Crippen molar-refractivity contribution in [3.8, 4) is 0 Å². The molecule has 0 aromatic rings. The summed E-state index contributed by atoms with van der Waals surface area (Å²) in [5, 5.41) is 0. The van der Waals surface area contributed by atoms with Gasteiger partial charge in [0.15, 0.2) is 0 Å². The minimum atomic E-state index is -0.291. The first-order chi connectivity index (χ1) is 6.65. The Morgan fingerprint density at radius 2 is 2.43 bits per heavy atom. The molecule has 3 unspecified atom stereocenters. The van der Waals surface area contributed by atoms with Crippen LogP contribution in [0.3, 0.4) is 0 Å². The molecule has 1 amide bonds. The molecule has 2 saturated heterocycles. The molecule has 0 N–H and O–H groups in total. The molecule has 2 heterocycles. The van der Waals surface area contributed by atoms with Crippen molar-refractivity contribution in [2.24, 2.45) is 0 Å². The van der Waals surface area contributed by atoms with Gasteiger partial charge >= 0.3 is 88.7 Å². The van der Waals surface area contributed by atoms with Gasteiger partial charge in [0.1, 0.15) is 0 Å². The van der Waals surface area contributed by atoms with E-state index in [1.54, 1.807) is 11.8 Å². The topological polar surface area (TPSA) is 46.6 Å². The number of hydrogen-bond donors (Lipinski definition) is 0. The second-order valence-corrected chi connectivity index (χ2v) is 6.77. The third-order valence-corrected chi connectivity index (χ3v) is 5.52. The maximum atomic E-state index is 11.6. The summed E-state index contributed by atoms with van der Waals surface area (Å²) >= 11 is 0.380. The summed E-state index contributed by atoms with van der Waals surface area (Å²) < 4.78 is 4.97. The summed E-state index contributed by atoms with van der Waals surface area (Å²) in [6.07, 6.45) is 0.639. The van der Waals surface area contributed by atoms with E-state index in [1.807, 2.05) is 6.92 Å². The molecule has 0 radical (unpaired) electrons. The molecule has 78 valence electrons. The van der Waals surface area contributed by atoms with E-state index in [4.69, 9.17) is 4.74 Å². The predicted octanol–water partition coefficient (Wildman–Crippen LogP) is 0.00270. The van der Waals surface area contributed by atoms with Gasteiger partial charge in [0.2, 0.25) is 0 Å². The van der Waals surface area contributed by atoms with Gasteiger partial charge in [-0.2, -0.15) is 0 Å². The van der Waals surface area contributed by atoms with Crippen molar-refractivity contribution in [3.05, 3.63) is 0 Å². The molecular formula is C9H13NO3Se. The molecule has 5 heteroatoms. The molecule has 2 fully saturated rings. The molecule has 0 aromatic heterocycles. The summed E-state index contributed by atoms with van der Waals surface area (Å²) in [6.45, 7) is 4.22. The number of β-lactam (4-membered cyclic amide) rings is 1. The SMILES string of the molecule is CCOC(=O)C1C(C)[Se]C2CC(=O)N21. The molecule has 0 aromatic carbocycles. The number of esters is 1. The van der Waals surface area contributed by atoms with E-state index in [0.717, 1.165) is 0 Å². The molecule has 2 rings (SSSR count). The van der Waals surface area contributed by atoms with Crippen LogP contribution in [0.25, 0.3) is 0 Å². The minimum absolute atomic E-state index is 0.110. The number of fused-ring (bicyclic) bond motifs is 1. The maximum absolute atomic E-state index is 11.6. The molecule has 14 heavy (non-hydrogen) atoms. The first kappa shape index (κ1) is 9.99. The van der Waals surface area contributed by atoms with Crippen LogP contribution in [0.5, 0.6) is 0 Å². The molecule has 0 aliphatic carbocycles. The fourth-order valence-corrected chi connectivity index (χ4v) is 5.09. The van der Waals surface area contributed by atoms with Crippen LogP contribution in [-0.4, -0.2) is 49.3 Å². The van der Waals surface area contributed by atoms with Gasteiger partial charge in [-0.25, -0.2) is 0 Å². The summed E-state index contributed by atoms with van der Waals surface area (Å²) in [5.41, 5.74) is 0. The van der Waals surface area contributed by atoms with E-state index >= 15 is 0 Å². The average molecular weight is 262 g/mol. The molecule has 0 saturated carbocycles. The number of amides is 1. The third-order valence-electron chi connectivity index (χ3n) is 2.59. The summed E-state index contributed by atoms with van der Waals surface area (Å²) in [5.74, 6) is -0.114. The Labute approximate surface area is 89.1 Å². The predicted molar refractivity (Wildman–Crippen MR) is 50.9 cm³/mol. The van der Waals surface area contributed by atoms with Crippen LogP contribution in [0.4, 0.5) is 0 Å². The molecular weight excluding hydrogens is 249 g/mol. The van der Waals surface area contributed by atoms with Gasteiger partial charge in [-0.3, -0.25) is 0 Å². The van der Waals surface area contributed by atoms with E-state index in [-0.39, 0.29) is 17.9 Å². The van der Waals surface area contributed by atoms with E-state index in [1.165, 1.54) is 0 Å². The second kappa shape index (κ2) is 3.55. The quantitative estimate of drug-likeness (QED) is 0.400. The summed E-state index contributed by atoms with van der Waals surface area (Å²) in [6, 6.07) is -0.291. The van der Waals surface area contributed by atoms with Crippen LogP contribution in [0.1, 0.15) is 20.3 Å². The normalized spacial score (nSPS) is 35.1. The Hall–Kier alpha value is -0.541. The van der Waals surface area contributed by atoms with Crippen molar-refractivity contribution in [1.29, 1.82) is 0 Å². The molecule has 2 aliphatic rings. The van der Waals surface area contributed by atoms with Crippen molar-refractivity contribution in [1.82, 2.24) is 4.90 Å². The number of ether oxygens (including phenoxy) is 1. The zero-order valence-electron chi connectivity index (χ0n) is 8.23. The third kappa shape index (κ3) is 1.35. The Kier molecular flexibility index (Phi) is 2.54. The number of nitrogens with zero attached hydrogens (tertiary/aromatic N) is 1. The zero-order valence-corrected chi connectivity index (χ0v) is 9.94. The Morgan fingerprint density at radius 3 is 3.00 bits per heavy atom. The van der Waals surface area contributed by atoms with Gasteiger partial charge in [0, 0.05) is 0 Å². The van der Waals surface area contributed by atoms with Gasteiger partial charge in [-0.1, -0.05) is 0 Å². The van der Waals surface area contributed by atoms with Crippen molar-refractivity contribution < 1.29 is 14.3 Å². The number of hydrogen-bond acceptors (Lipinski definition) is 3. The molecule has 4 nitrogen and oxygen atoms in total. The molecule has 0 bridgehead atoms. The van der Waals surface area contributed by atoms with Crippen molar-refractivity contribution in [2.45, 2.75) is 36.1 Å². The van der Waals surface area contributed by atoms with E-state index in [0.29, 0.717) is 37.7 Å². The van der Waals surface area contributed by atoms with Gasteiger partial charge in [0.05, 0.1) is 0 Å². The average Bonchev–Trinajstić information content (AvgIpc) is 2.38. The van der Waals surface area contributed by atoms with Gasteiger partial charge in [-0.15, -0.1) is 0 Å². The molecule has 0 spiro atoms. The zero-order chi connectivity index (χ0) is 10.3. The van der Waals surface area contributed by atoms with Crippen LogP contribution in [-0.2, 0) is 14.3 Å². The Balaban J connectivity index is 2.09. The molecule has 2 aliphatic heterocycles. The van der Waals surface area contributed by atoms with E-state index < -0.39 is 0 Å². The molecule has 3 atom stereocenters. The van der Waals surface area contributed by atoms with Crippen molar-refractivity contribution in [3.63, 3.8) is 0 Å². The number of carbonyl (C=O) groups excluding carboxylic acids is 2. The van der Waals surface area contributed by atoms with Crippen LogP contribution >= 0.6 is 0 Å². The van der Waals surface area contributed by atoms with Crippen LogP contribution < -0.4 is 0 Å². The number of carbonyl (C=O) groups is 2. The van der Waals surface area contributed by atoms with E-state index in [9.17, 15) is 9.59 Å². The van der Waals surface area contributed by atoms with Gasteiger partial charge in [-0.05, 0) is 0 Å². The Morgan fingerprint density at radius 1 is 1.71 bits per heavy atom. The second-order valence-electron chi connectivity index (χ2n) is 3.50. The summed E-state index contributed by atoms with van der Waals surface area (Å²) in [4.78, 5) is 25.3.